The van der Waals surface area contributed by atoms with E-state index in [2.05, 4.69) is 15.5 Å². The predicted octanol–water partition coefficient (Wildman–Crippen LogP) is 1.48. The van der Waals surface area contributed by atoms with Crippen LogP contribution in [0, 0.1) is 0 Å². The van der Waals surface area contributed by atoms with Gasteiger partial charge in [-0.1, -0.05) is 23.9 Å². The summed E-state index contributed by atoms with van der Waals surface area (Å²) < 4.78 is 5.14. The molecule has 0 radical (unpaired) electrons. The van der Waals surface area contributed by atoms with Gasteiger partial charge in [-0.15, -0.1) is 5.10 Å². The van der Waals surface area contributed by atoms with E-state index in [0.29, 0.717) is 16.6 Å². The van der Waals surface area contributed by atoms with E-state index in [4.69, 9.17) is 9.84 Å². The van der Waals surface area contributed by atoms with E-state index in [1.54, 1.807) is 14.0 Å². The van der Waals surface area contributed by atoms with Crippen LogP contribution in [0.25, 0.3) is 0 Å². The lowest BCUT2D eigenvalue weighted by atomic mass is 10.1. The Morgan fingerprint density at radius 1 is 1.50 bits per heavy atom. The Balaban J connectivity index is 2.09. The molecule has 1 fully saturated rings. The van der Waals surface area contributed by atoms with Gasteiger partial charge in [0.1, 0.15) is 11.0 Å². The van der Waals surface area contributed by atoms with Gasteiger partial charge in [0.25, 0.3) is 0 Å². The number of carboxylic acids is 1. The third-order valence-electron chi connectivity index (χ3n) is 2.91. The Morgan fingerprint density at radius 2 is 2.27 bits per heavy atom. The molecule has 2 rings (SSSR count). The lowest BCUT2D eigenvalue weighted by Crippen LogP contribution is -2.26. The minimum atomic E-state index is -1.02. The van der Waals surface area contributed by atoms with Gasteiger partial charge in [-0.25, -0.2) is 0 Å². The van der Waals surface area contributed by atoms with Crippen molar-refractivity contribution in [1.82, 2.24) is 5.32 Å². The third kappa shape index (κ3) is 4.08. The molecular weight excluding hydrogens is 306 g/mol. The van der Waals surface area contributed by atoms with Crippen LogP contribution in [0.3, 0.4) is 0 Å². The van der Waals surface area contributed by atoms with Crippen LogP contribution in [-0.2, 0) is 9.59 Å². The van der Waals surface area contributed by atoms with Crippen molar-refractivity contribution < 1.29 is 19.4 Å². The van der Waals surface area contributed by atoms with Crippen molar-refractivity contribution in [1.29, 1.82) is 0 Å². The number of hydrogen-bond acceptors (Lipinski definition) is 6. The number of aliphatic carboxylic acids is 1. The van der Waals surface area contributed by atoms with Gasteiger partial charge in [-0.2, -0.15) is 5.10 Å². The summed E-state index contributed by atoms with van der Waals surface area (Å²) in [5.74, 6) is -0.671. The average molecular weight is 321 g/mol. The number of carboxylic acid groups (broad SMARTS) is 1. The van der Waals surface area contributed by atoms with Gasteiger partial charge < -0.3 is 15.2 Å². The van der Waals surface area contributed by atoms with Crippen molar-refractivity contribution in [3.05, 3.63) is 29.8 Å². The van der Waals surface area contributed by atoms with Gasteiger partial charge in [-0.05, 0) is 19.1 Å². The van der Waals surface area contributed by atoms with E-state index < -0.39 is 11.2 Å². The smallest absolute Gasteiger partial charge is 0.305 e. The van der Waals surface area contributed by atoms with E-state index in [1.807, 2.05) is 24.3 Å². The van der Waals surface area contributed by atoms with Gasteiger partial charge in [0.2, 0.25) is 5.91 Å². The first-order valence-electron chi connectivity index (χ1n) is 6.45. The van der Waals surface area contributed by atoms with Gasteiger partial charge in [0, 0.05) is 5.56 Å². The fourth-order valence-corrected chi connectivity index (χ4v) is 2.68. The monoisotopic (exact) mass is 321 g/mol. The second-order valence-electron chi connectivity index (χ2n) is 4.52. The number of ether oxygens (including phenoxy) is 1. The number of nitrogens with zero attached hydrogens (tertiary/aromatic N) is 2. The summed E-state index contributed by atoms with van der Waals surface area (Å²) in [6.07, 6.45) is -0.242. The minimum absolute atomic E-state index is 0.242. The molecule has 0 aromatic heterocycles. The Morgan fingerprint density at radius 3 is 2.95 bits per heavy atom. The quantitative estimate of drug-likeness (QED) is 0.632. The lowest BCUT2D eigenvalue weighted by Gasteiger charge is -2.02. The van der Waals surface area contributed by atoms with Crippen molar-refractivity contribution in [3.63, 3.8) is 0 Å². The van der Waals surface area contributed by atoms with Crippen molar-refractivity contribution >= 4 is 34.5 Å². The first-order valence-corrected chi connectivity index (χ1v) is 7.33. The van der Waals surface area contributed by atoms with Crippen LogP contribution in [-0.4, -0.2) is 40.2 Å². The van der Waals surface area contributed by atoms with Crippen LogP contribution in [0.1, 0.15) is 18.9 Å². The fourth-order valence-electron chi connectivity index (χ4n) is 1.77. The van der Waals surface area contributed by atoms with Crippen molar-refractivity contribution in [2.24, 2.45) is 10.2 Å². The first kappa shape index (κ1) is 16.0. The molecule has 7 nitrogen and oxygen atoms in total. The molecule has 8 heteroatoms. The number of carbonyl (C=O) groups is 2. The topological polar surface area (TPSA) is 100 Å². The molecule has 1 heterocycles. The molecule has 1 aromatic rings. The zero-order chi connectivity index (χ0) is 16.1. The molecule has 22 heavy (non-hydrogen) atoms. The second-order valence-corrected chi connectivity index (χ2v) is 5.71. The van der Waals surface area contributed by atoms with Crippen molar-refractivity contribution in [3.8, 4) is 5.75 Å². The van der Waals surface area contributed by atoms with Gasteiger partial charge in [-0.3, -0.25) is 9.59 Å². The van der Waals surface area contributed by atoms with Gasteiger partial charge in [0.15, 0.2) is 5.17 Å². The molecular formula is C14H15N3O4S. The Hall–Kier alpha value is -2.35. The summed E-state index contributed by atoms with van der Waals surface area (Å²) in [5, 5.41) is 18.9. The molecule has 1 amide bonds. The van der Waals surface area contributed by atoms with Crippen LogP contribution < -0.4 is 10.1 Å². The number of carbonyl (C=O) groups excluding carboxylic acids is 1. The fraction of sp³-hybridized carbons (Fsp3) is 0.286. The zero-order valence-corrected chi connectivity index (χ0v) is 12.9. The highest BCUT2D eigenvalue weighted by Gasteiger charge is 2.32. The lowest BCUT2D eigenvalue weighted by molar-refractivity contribution is -0.138. The summed E-state index contributed by atoms with van der Waals surface area (Å²) in [4.78, 5) is 22.2. The number of amides is 1. The first-order chi connectivity index (χ1) is 10.5. The minimum Gasteiger partial charge on any atom is -0.497 e. The van der Waals surface area contributed by atoms with Gasteiger partial charge in [0.05, 0.1) is 19.2 Å². The summed E-state index contributed by atoms with van der Waals surface area (Å²) in [5.41, 5.74) is 1.50. The SMILES string of the molecule is COc1cccc(/C(C)=N\N=C2\NC(=O)C(CC(=O)O)S2)c1. The molecule has 116 valence electrons. The zero-order valence-electron chi connectivity index (χ0n) is 12.1. The summed E-state index contributed by atoms with van der Waals surface area (Å²) >= 11 is 1.07. The van der Waals surface area contributed by atoms with E-state index in [9.17, 15) is 9.59 Å². The maximum Gasteiger partial charge on any atom is 0.305 e. The van der Waals surface area contributed by atoms with E-state index in [-0.39, 0.29) is 12.3 Å². The largest absolute Gasteiger partial charge is 0.497 e. The summed E-state index contributed by atoms with van der Waals surface area (Å²) in [6.45, 7) is 1.79. The van der Waals surface area contributed by atoms with Crippen LogP contribution in [0.4, 0.5) is 0 Å². The molecule has 1 saturated heterocycles. The second kappa shape index (κ2) is 7.08. The average Bonchev–Trinajstić information content (AvgIpc) is 2.84. The molecule has 1 atom stereocenters. The number of hydrogen-bond donors (Lipinski definition) is 2. The third-order valence-corrected chi connectivity index (χ3v) is 3.99. The molecule has 0 spiro atoms. The van der Waals surface area contributed by atoms with Crippen molar-refractivity contribution in [2.45, 2.75) is 18.6 Å². The van der Waals surface area contributed by atoms with Crippen LogP contribution in [0.5, 0.6) is 5.75 Å². The van der Waals surface area contributed by atoms with E-state index in [0.717, 1.165) is 17.3 Å². The number of methoxy groups -OCH3 is 1. The number of amidine groups is 1. The summed E-state index contributed by atoms with van der Waals surface area (Å²) in [6, 6.07) is 7.36. The molecule has 1 aliphatic heterocycles. The van der Waals surface area contributed by atoms with Crippen LogP contribution in [0.2, 0.25) is 0 Å². The number of rotatable bonds is 5. The van der Waals surface area contributed by atoms with Crippen LogP contribution >= 0.6 is 11.8 Å². The van der Waals surface area contributed by atoms with E-state index >= 15 is 0 Å². The molecule has 1 unspecified atom stereocenters. The predicted molar refractivity (Wildman–Crippen MR) is 84.4 cm³/mol. The highest BCUT2D eigenvalue weighted by Crippen LogP contribution is 2.22. The summed E-state index contributed by atoms with van der Waals surface area (Å²) in [7, 11) is 1.58. The molecule has 0 aliphatic carbocycles. The number of thioether (sulfide) groups is 1. The molecule has 2 N–H and O–H groups in total. The molecule has 0 bridgehead atoms. The maximum atomic E-state index is 11.6. The van der Waals surface area contributed by atoms with E-state index in [1.165, 1.54) is 0 Å². The van der Waals surface area contributed by atoms with Crippen LogP contribution in [0.15, 0.2) is 34.5 Å². The van der Waals surface area contributed by atoms with Crippen molar-refractivity contribution in [2.75, 3.05) is 7.11 Å². The molecule has 1 aliphatic rings. The Labute approximate surface area is 131 Å². The highest BCUT2D eigenvalue weighted by molar-refractivity contribution is 8.15. The number of benzene rings is 1. The van der Waals surface area contributed by atoms with Gasteiger partial charge >= 0.3 is 5.97 Å². The Bertz CT molecular complexity index is 657. The maximum absolute atomic E-state index is 11.6. The molecule has 0 saturated carbocycles. The standard InChI is InChI=1S/C14H15N3O4S/c1-8(9-4-3-5-10(6-9)21-2)16-17-14-15-13(20)11(22-14)7-12(18)19/h3-6,11H,7H2,1-2H3,(H,18,19)(H,15,17,20)/b16-8-. The highest BCUT2D eigenvalue weighted by atomic mass is 32.2. The molecule has 1 aromatic carbocycles. The Kier molecular flexibility index (Phi) is 5.16. The number of nitrogens with one attached hydrogen (secondary N) is 1. The normalized spacial score (nSPS) is 20.1.